The van der Waals surface area contributed by atoms with E-state index in [4.69, 9.17) is 4.42 Å². The number of hydrogen-bond donors (Lipinski definition) is 1. The van der Waals surface area contributed by atoms with Crippen LogP contribution in [0.1, 0.15) is 44.7 Å². The minimum Gasteiger partial charge on any atom is -0.455 e. The summed E-state index contributed by atoms with van der Waals surface area (Å²) in [5.74, 6) is 0.911. The summed E-state index contributed by atoms with van der Waals surface area (Å²) >= 11 is 0. The second kappa shape index (κ2) is 8.85. The normalized spacial score (nSPS) is 16.0. The molecule has 1 unspecified atom stereocenters. The molecular weight excluding hydrogens is 400 g/mol. The van der Waals surface area contributed by atoms with Gasteiger partial charge >= 0.3 is 0 Å². The molecule has 0 saturated carbocycles. The van der Waals surface area contributed by atoms with Crippen LogP contribution in [0.15, 0.2) is 83.7 Å². The predicted molar refractivity (Wildman–Crippen MR) is 122 cm³/mol. The summed E-state index contributed by atoms with van der Waals surface area (Å²) in [6.45, 7) is 5.05. The molecule has 6 heteroatoms. The van der Waals surface area contributed by atoms with Crippen molar-refractivity contribution in [3.63, 3.8) is 0 Å². The van der Waals surface area contributed by atoms with Gasteiger partial charge in [0.05, 0.1) is 12.6 Å². The second-order valence-corrected chi connectivity index (χ2v) is 8.22. The van der Waals surface area contributed by atoms with E-state index in [1.165, 1.54) is 16.8 Å². The van der Waals surface area contributed by atoms with Crippen LogP contribution in [0, 0.1) is 6.92 Å². The van der Waals surface area contributed by atoms with E-state index in [0.29, 0.717) is 18.8 Å². The molecule has 3 aromatic heterocycles. The monoisotopic (exact) mass is 426 g/mol. The summed E-state index contributed by atoms with van der Waals surface area (Å²) in [5, 5.41) is 2.91. The van der Waals surface area contributed by atoms with Gasteiger partial charge in [-0.05, 0) is 54.4 Å². The maximum absolute atomic E-state index is 12.5. The number of furan rings is 1. The maximum Gasteiger partial charge on any atom is 0.287 e. The number of carbonyl (C=O) groups excluding carboxylic acids is 1. The van der Waals surface area contributed by atoms with Crippen LogP contribution in [0.4, 0.5) is 0 Å². The zero-order valence-electron chi connectivity index (χ0n) is 18.1. The fraction of sp³-hybridized carbons (Fsp3) is 0.231. The smallest absolute Gasteiger partial charge is 0.287 e. The van der Waals surface area contributed by atoms with E-state index >= 15 is 0 Å². The molecule has 1 aliphatic rings. The summed E-state index contributed by atoms with van der Waals surface area (Å²) < 4.78 is 8.26. The predicted octanol–water partition coefficient (Wildman–Crippen LogP) is 4.32. The molecule has 0 fully saturated rings. The quantitative estimate of drug-likeness (QED) is 0.499. The van der Waals surface area contributed by atoms with Crippen molar-refractivity contribution in [2.24, 2.45) is 0 Å². The van der Waals surface area contributed by atoms with Crippen molar-refractivity contribution >= 4 is 5.91 Å². The first kappa shape index (κ1) is 20.3. The van der Waals surface area contributed by atoms with Gasteiger partial charge in [-0.25, -0.2) is 0 Å². The van der Waals surface area contributed by atoms with Crippen LogP contribution < -0.4 is 5.32 Å². The molecule has 1 amide bonds. The number of nitrogens with one attached hydrogen (secondary N) is 1. The minimum absolute atomic E-state index is 0.146. The Morgan fingerprint density at radius 1 is 1.09 bits per heavy atom. The highest BCUT2D eigenvalue weighted by atomic mass is 16.4. The van der Waals surface area contributed by atoms with Crippen LogP contribution in [-0.2, 0) is 19.6 Å². The lowest BCUT2D eigenvalue weighted by Crippen LogP contribution is -2.37. The van der Waals surface area contributed by atoms with Crippen LogP contribution in [0.3, 0.4) is 0 Å². The molecule has 32 heavy (non-hydrogen) atoms. The lowest BCUT2D eigenvalue weighted by Gasteiger charge is -2.37. The molecule has 0 radical (unpaired) electrons. The Kier molecular flexibility index (Phi) is 5.60. The van der Waals surface area contributed by atoms with Crippen molar-refractivity contribution in [2.75, 3.05) is 6.54 Å². The number of benzene rings is 1. The van der Waals surface area contributed by atoms with Crippen LogP contribution in [0.5, 0.6) is 0 Å². The highest BCUT2D eigenvalue weighted by Crippen LogP contribution is 2.34. The molecule has 0 aliphatic carbocycles. The molecule has 0 saturated heterocycles. The lowest BCUT2D eigenvalue weighted by atomic mass is 9.98. The van der Waals surface area contributed by atoms with Crippen LogP contribution in [0.2, 0.25) is 0 Å². The van der Waals surface area contributed by atoms with Gasteiger partial charge in [0.25, 0.3) is 5.91 Å². The molecule has 5 rings (SSSR count). The molecule has 4 heterocycles. The van der Waals surface area contributed by atoms with Crippen molar-refractivity contribution in [2.45, 2.75) is 32.6 Å². The van der Waals surface area contributed by atoms with Gasteiger partial charge in [0.1, 0.15) is 5.76 Å². The Morgan fingerprint density at radius 2 is 1.97 bits per heavy atom. The van der Waals surface area contributed by atoms with Crippen molar-refractivity contribution in [3.8, 4) is 0 Å². The van der Waals surface area contributed by atoms with Gasteiger partial charge in [-0.1, -0.05) is 29.8 Å². The Bertz CT molecular complexity index is 1210. The number of amides is 1. The van der Waals surface area contributed by atoms with E-state index in [0.717, 1.165) is 24.4 Å². The molecule has 4 aromatic rings. The van der Waals surface area contributed by atoms with Crippen molar-refractivity contribution in [1.82, 2.24) is 19.8 Å². The first-order valence-corrected chi connectivity index (χ1v) is 10.9. The molecule has 0 bridgehead atoms. The third-order valence-corrected chi connectivity index (χ3v) is 5.94. The zero-order chi connectivity index (χ0) is 21.9. The zero-order valence-corrected chi connectivity index (χ0v) is 18.1. The van der Waals surface area contributed by atoms with E-state index in [2.05, 4.69) is 69.3 Å². The van der Waals surface area contributed by atoms with E-state index in [1.54, 1.807) is 18.5 Å². The number of carbonyl (C=O) groups is 1. The Morgan fingerprint density at radius 3 is 2.81 bits per heavy atom. The number of aryl methyl sites for hydroxylation is 1. The van der Waals surface area contributed by atoms with Crippen LogP contribution in [-0.4, -0.2) is 26.9 Å². The van der Waals surface area contributed by atoms with Gasteiger partial charge < -0.3 is 14.3 Å². The third kappa shape index (κ3) is 4.22. The molecule has 0 spiro atoms. The fourth-order valence-corrected chi connectivity index (χ4v) is 4.38. The number of rotatable bonds is 6. The van der Waals surface area contributed by atoms with E-state index in [1.807, 2.05) is 18.2 Å². The summed E-state index contributed by atoms with van der Waals surface area (Å²) in [6, 6.07) is 20.5. The van der Waals surface area contributed by atoms with Gasteiger partial charge in [-0.3, -0.25) is 14.7 Å². The largest absolute Gasteiger partial charge is 0.455 e. The van der Waals surface area contributed by atoms with Gasteiger partial charge in [0.15, 0.2) is 5.76 Å². The number of pyridine rings is 1. The molecule has 1 aliphatic heterocycles. The van der Waals surface area contributed by atoms with Crippen molar-refractivity contribution in [3.05, 3.63) is 113 Å². The van der Waals surface area contributed by atoms with Gasteiger partial charge in [0, 0.05) is 43.9 Å². The lowest BCUT2D eigenvalue weighted by molar-refractivity contribution is 0.0916. The van der Waals surface area contributed by atoms with E-state index in [9.17, 15) is 4.79 Å². The van der Waals surface area contributed by atoms with Crippen molar-refractivity contribution in [1.29, 1.82) is 0 Å². The first-order valence-electron chi connectivity index (χ1n) is 10.9. The summed E-state index contributed by atoms with van der Waals surface area (Å²) in [4.78, 5) is 19.0. The van der Waals surface area contributed by atoms with E-state index in [-0.39, 0.29) is 11.9 Å². The topological polar surface area (TPSA) is 63.3 Å². The number of aromatic nitrogens is 2. The Labute approximate surface area is 187 Å². The minimum atomic E-state index is -0.212. The average molecular weight is 427 g/mol. The Hall–Kier alpha value is -3.64. The fourth-order valence-electron chi connectivity index (χ4n) is 4.38. The SMILES string of the molecule is Cc1cccc(C2c3cccn3CCN2Cc2ccc(C(=O)NCc3ccncc3)o2)c1. The summed E-state index contributed by atoms with van der Waals surface area (Å²) in [6.07, 6.45) is 5.58. The van der Waals surface area contributed by atoms with E-state index < -0.39 is 0 Å². The van der Waals surface area contributed by atoms with Gasteiger partial charge in [0.2, 0.25) is 0 Å². The first-order chi connectivity index (χ1) is 15.7. The van der Waals surface area contributed by atoms with Gasteiger partial charge in [-0.2, -0.15) is 0 Å². The molecule has 1 aromatic carbocycles. The number of hydrogen-bond acceptors (Lipinski definition) is 4. The maximum atomic E-state index is 12.5. The Balaban J connectivity index is 1.32. The summed E-state index contributed by atoms with van der Waals surface area (Å²) in [7, 11) is 0. The van der Waals surface area contributed by atoms with Gasteiger partial charge in [-0.15, -0.1) is 0 Å². The number of nitrogens with zero attached hydrogens (tertiary/aromatic N) is 3. The second-order valence-electron chi connectivity index (χ2n) is 8.22. The standard InChI is InChI=1S/C26H26N4O2/c1-19-4-2-5-21(16-19)25-23-6-3-13-29(23)14-15-30(25)18-22-7-8-24(32-22)26(31)28-17-20-9-11-27-12-10-20/h2-13,16,25H,14-15,17-18H2,1H3,(H,28,31). The van der Waals surface area contributed by atoms with Crippen LogP contribution >= 0.6 is 0 Å². The molecular formula is C26H26N4O2. The number of fused-ring (bicyclic) bond motifs is 1. The molecule has 1 atom stereocenters. The molecule has 1 N–H and O–H groups in total. The van der Waals surface area contributed by atoms with Crippen LogP contribution in [0.25, 0.3) is 0 Å². The third-order valence-electron chi connectivity index (χ3n) is 5.94. The average Bonchev–Trinajstić information content (AvgIpc) is 3.48. The highest BCUT2D eigenvalue weighted by Gasteiger charge is 2.29. The summed E-state index contributed by atoms with van der Waals surface area (Å²) in [5.41, 5.74) is 4.80. The molecule has 162 valence electrons. The highest BCUT2D eigenvalue weighted by molar-refractivity contribution is 5.91. The molecule has 6 nitrogen and oxygen atoms in total. The van der Waals surface area contributed by atoms with Crippen molar-refractivity contribution < 1.29 is 9.21 Å².